The first kappa shape index (κ1) is 10.3. The van der Waals surface area contributed by atoms with Gasteiger partial charge in [0.1, 0.15) is 0 Å². The first-order chi connectivity index (χ1) is 7.77. The van der Waals surface area contributed by atoms with E-state index >= 15 is 0 Å². The monoisotopic (exact) mass is 213 g/mol. The first-order valence-corrected chi connectivity index (χ1v) is 4.89. The Kier molecular flexibility index (Phi) is 2.91. The van der Waals surface area contributed by atoms with E-state index in [9.17, 15) is 4.79 Å². The van der Waals surface area contributed by atoms with Crippen molar-refractivity contribution in [2.75, 3.05) is 5.32 Å². The number of aromatic nitrogens is 2. The van der Waals surface area contributed by atoms with Crippen LogP contribution in [0, 0.1) is 6.92 Å². The summed E-state index contributed by atoms with van der Waals surface area (Å²) in [5.41, 5.74) is 2.24. The third-order valence-corrected chi connectivity index (χ3v) is 2.19. The second-order valence-corrected chi connectivity index (χ2v) is 3.39. The molecule has 0 atom stereocenters. The molecule has 16 heavy (non-hydrogen) atoms. The van der Waals surface area contributed by atoms with Gasteiger partial charge in [0.25, 0.3) is 5.91 Å². The van der Waals surface area contributed by atoms with Crippen LogP contribution in [-0.2, 0) is 0 Å². The lowest BCUT2D eigenvalue weighted by atomic mass is 10.2. The SMILES string of the molecule is Cc1cnccc1NC(=O)c1cccnc1. The fraction of sp³-hybridized carbons (Fsp3) is 0.0833. The van der Waals surface area contributed by atoms with Crippen LogP contribution in [0.5, 0.6) is 0 Å². The van der Waals surface area contributed by atoms with E-state index in [-0.39, 0.29) is 5.91 Å². The van der Waals surface area contributed by atoms with E-state index in [2.05, 4.69) is 15.3 Å². The van der Waals surface area contributed by atoms with Crippen LogP contribution in [0.1, 0.15) is 15.9 Å². The minimum atomic E-state index is -0.164. The molecule has 2 rings (SSSR count). The Labute approximate surface area is 93.4 Å². The summed E-state index contributed by atoms with van der Waals surface area (Å²) in [6.07, 6.45) is 6.52. The molecule has 2 aromatic heterocycles. The third-order valence-electron chi connectivity index (χ3n) is 2.19. The van der Waals surface area contributed by atoms with E-state index in [0.717, 1.165) is 11.3 Å². The first-order valence-electron chi connectivity index (χ1n) is 4.89. The highest BCUT2D eigenvalue weighted by Gasteiger charge is 2.06. The molecule has 4 heteroatoms. The maximum Gasteiger partial charge on any atom is 0.257 e. The van der Waals surface area contributed by atoms with Gasteiger partial charge in [0, 0.05) is 30.5 Å². The summed E-state index contributed by atoms with van der Waals surface area (Å²) in [5, 5.41) is 2.81. The standard InChI is InChI=1S/C12H11N3O/c1-9-7-14-6-4-11(9)15-12(16)10-3-2-5-13-8-10/h2-8H,1H3,(H,14,15,16). The molecule has 0 aliphatic rings. The lowest BCUT2D eigenvalue weighted by Gasteiger charge is -2.06. The molecule has 1 amide bonds. The molecule has 0 unspecified atom stereocenters. The van der Waals surface area contributed by atoms with Gasteiger partial charge in [-0.3, -0.25) is 14.8 Å². The number of nitrogens with zero attached hydrogens (tertiary/aromatic N) is 2. The second-order valence-electron chi connectivity index (χ2n) is 3.39. The summed E-state index contributed by atoms with van der Waals surface area (Å²) in [5.74, 6) is -0.164. The molecule has 0 aliphatic carbocycles. The highest BCUT2D eigenvalue weighted by Crippen LogP contribution is 2.12. The molecule has 0 aromatic carbocycles. The molecule has 2 heterocycles. The van der Waals surface area contributed by atoms with Crippen molar-refractivity contribution in [1.29, 1.82) is 0 Å². The Balaban J connectivity index is 2.18. The van der Waals surface area contributed by atoms with E-state index in [1.54, 1.807) is 36.8 Å². The lowest BCUT2D eigenvalue weighted by Crippen LogP contribution is -2.12. The van der Waals surface area contributed by atoms with Gasteiger partial charge in [-0.05, 0) is 30.7 Å². The number of aryl methyl sites for hydroxylation is 1. The third kappa shape index (κ3) is 2.23. The predicted octanol–water partition coefficient (Wildman–Crippen LogP) is 2.04. The van der Waals surface area contributed by atoms with Crippen molar-refractivity contribution in [3.63, 3.8) is 0 Å². The molecule has 0 radical (unpaired) electrons. The number of nitrogens with one attached hydrogen (secondary N) is 1. The minimum absolute atomic E-state index is 0.164. The van der Waals surface area contributed by atoms with E-state index < -0.39 is 0 Å². The number of carbonyl (C=O) groups is 1. The molecule has 4 nitrogen and oxygen atoms in total. The van der Waals surface area contributed by atoms with Gasteiger partial charge in [-0.15, -0.1) is 0 Å². The number of hydrogen-bond acceptors (Lipinski definition) is 3. The van der Waals surface area contributed by atoms with Crippen LogP contribution in [0.15, 0.2) is 43.0 Å². The summed E-state index contributed by atoms with van der Waals surface area (Å²) >= 11 is 0. The number of hydrogen-bond donors (Lipinski definition) is 1. The maximum atomic E-state index is 11.8. The number of anilines is 1. The average molecular weight is 213 g/mol. The smallest absolute Gasteiger partial charge is 0.257 e. The quantitative estimate of drug-likeness (QED) is 0.830. The van der Waals surface area contributed by atoms with Gasteiger partial charge in [-0.1, -0.05) is 0 Å². The zero-order valence-electron chi connectivity index (χ0n) is 8.84. The minimum Gasteiger partial charge on any atom is -0.322 e. The van der Waals surface area contributed by atoms with Crippen LogP contribution in [-0.4, -0.2) is 15.9 Å². The van der Waals surface area contributed by atoms with Crippen LogP contribution < -0.4 is 5.32 Å². The molecular weight excluding hydrogens is 202 g/mol. The zero-order chi connectivity index (χ0) is 11.4. The Morgan fingerprint density at radius 2 is 2.00 bits per heavy atom. The summed E-state index contributed by atoms with van der Waals surface area (Å²) in [6, 6.07) is 5.22. The highest BCUT2D eigenvalue weighted by atomic mass is 16.1. The predicted molar refractivity (Wildman–Crippen MR) is 61.2 cm³/mol. The summed E-state index contributed by atoms with van der Waals surface area (Å²) in [6.45, 7) is 1.89. The van der Waals surface area contributed by atoms with E-state index in [4.69, 9.17) is 0 Å². The molecule has 80 valence electrons. The number of amides is 1. The highest BCUT2D eigenvalue weighted by molar-refractivity contribution is 6.04. The summed E-state index contributed by atoms with van der Waals surface area (Å²) in [4.78, 5) is 19.7. The molecule has 2 aromatic rings. The van der Waals surface area contributed by atoms with Gasteiger partial charge in [0.2, 0.25) is 0 Å². The van der Waals surface area contributed by atoms with E-state index in [1.807, 2.05) is 6.92 Å². The van der Waals surface area contributed by atoms with E-state index in [1.165, 1.54) is 6.20 Å². The van der Waals surface area contributed by atoms with Gasteiger partial charge in [-0.2, -0.15) is 0 Å². The number of pyridine rings is 2. The molecule has 1 N–H and O–H groups in total. The van der Waals surface area contributed by atoms with Crippen LogP contribution in [0.2, 0.25) is 0 Å². The molecule has 0 bridgehead atoms. The van der Waals surface area contributed by atoms with Crippen LogP contribution in [0.25, 0.3) is 0 Å². The van der Waals surface area contributed by atoms with Gasteiger partial charge in [-0.25, -0.2) is 0 Å². The van der Waals surface area contributed by atoms with Crippen LogP contribution in [0.3, 0.4) is 0 Å². The van der Waals surface area contributed by atoms with Gasteiger partial charge in [0.15, 0.2) is 0 Å². The molecule has 0 saturated heterocycles. The maximum absolute atomic E-state index is 11.8. The Hall–Kier alpha value is -2.23. The molecule has 0 aliphatic heterocycles. The van der Waals surface area contributed by atoms with E-state index in [0.29, 0.717) is 5.56 Å². The fourth-order valence-corrected chi connectivity index (χ4v) is 1.31. The van der Waals surface area contributed by atoms with Gasteiger partial charge >= 0.3 is 0 Å². The number of rotatable bonds is 2. The average Bonchev–Trinajstić information content (AvgIpc) is 2.33. The van der Waals surface area contributed by atoms with Gasteiger partial charge < -0.3 is 5.32 Å². The zero-order valence-corrected chi connectivity index (χ0v) is 8.84. The van der Waals surface area contributed by atoms with Crippen molar-refractivity contribution in [2.45, 2.75) is 6.92 Å². The Morgan fingerprint density at radius 1 is 1.19 bits per heavy atom. The van der Waals surface area contributed by atoms with Crippen LogP contribution >= 0.6 is 0 Å². The van der Waals surface area contributed by atoms with Crippen molar-refractivity contribution in [3.05, 3.63) is 54.1 Å². The second kappa shape index (κ2) is 4.53. The van der Waals surface area contributed by atoms with Crippen molar-refractivity contribution < 1.29 is 4.79 Å². The van der Waals surface area contributed by atoms with Crippen molar-refractivity contribution in [3.8, 4) is 0 Å². The molecular formula is C12H11N3O. The summed E-state index contributed by atoms with van der Waals surface area (Å²) in [7, 11) is 0. The normalized spacial score (nSPS) is 9.81. The van der Waals surface area contributed by atoms with Crippen molar-refractivity contribution in [1.82, 2.24) is 9.97 Å². The topological polar surface area (TPSA) is 54.9 Å². The summed E-state index contributed by atoms with van der Waals surface area (Å²) < 4.78 is 0. The lowest BCUT2D eigenvalue weighted by molar-refractivity contribution is 0.102. The number of carbonyl (C=O) groups excluding carboxylic acids is 1. The largest absolute Gasteiger partial charge is 0.322 e. The van der Waals surface area contributed by atoms with Crippen molar-refractivity contribution in [2.24, 2.45) is 0 Å². The molecule has 0 fully saturated rings. The molecule has 0 spiro atoms. The Bertz CT molecular complexity index is 497. The fourth-order valence-electron chi connectivity index (χ4n) is 1.31. The Morgan fingerprint density at radius 3 is 2.69 bits per heavy atom. The van der Waals surface area contributed by atoms with Gasteiger partial charge in [0.05, 0.1) is 5.56 Å². The van der Waals surface area contributed by atoms with Crippen LogP contribution in [0.4, 0.5) is 5.69 Å². The van der Waals surface area contributed by atoms with Crippen molar-refractivity contribution >= 4 is 11.6 Å². The molecule has 0 saturated carbocycles.